The van der Waals surface area contributed by atoms with E-state index in [2.05, 4.69) is 26.3 Å². The van der Waals surface area contributed by atoms with Crippen molar-refractivity contribution in [3.05, 3.63) is 41.7 Å². The smallest absolute Gasteiger partial charge is 0.277 e. The van der Waals surface area contributed by atoms with Gasteiger partial charge in [-0.15, -0.1) is 5.10 Å². The van der Waals surface area contributed by atoms with Crippen LogP contribution < -0.4 is 16.0 Å². The Kier molecular flexibility index (Phi) is 5.62. The SMILES string of the molecule is CC(C)NC(=O)c1ccccc1NC(=O)c1cn(C2CCNCC2)nn1. The molecule has 8 nitrogen and oxygen atoms in total. The predicted molar refractivity (Wildman–Crippen MR) is 98.2 cm³/mol. The maximum Gasteiger partial charge on any atom is 0.277 e. The van der Waals surface area contributed by atoms with Crippen LogP contribution in [0.15, 0.2) is 30.5 Å². The summed E-state index contributed by atoms with van der Waals surface area (Å²) in [6.07, 6.45) is 3.59. The van der Waals surface area contributed by atoms with E-state index in [1.807, 2.05) is 13.8 Å². The van der Waals surface area contributed by atoms with Crippen molar-refractivity contribution in [3.63, 3.8) is 0 Å². The van der Waals surface area contributed by atoms with Crippen LogP contribution in [0.4, 0.5) is 5.69 Å². The Balaban J connectivity index is 1.72. The van der Waals surface area contributed by atoms with Crippen LogP contribution in [-0.4, -0.2) is 45.9 Å². The minimum atomic E-state index is -0.380. The van der Waals surface area contributed by atoms with E-state index in [0.29, 0.717) is 11.3 Å². The van der Waals surface area contributed by atoms with Gasteiger partial charge < -0.3 is 16.0 Å². The van der Waals surface area contributed by atoms with Crippen molar-refractivity contribution in [1.29, 1.82) is 0 Å². The maximum atomic E-state index is 12.5. The molecule has 2 aromatic rings. The number of carbonyl (C=O) groups is 2. The number of aromatic nitrogens is 3. The summed E-state index contributed by atoms with van der Waals surface area (Å²) in [6.45, 7) is 5.64. The number of hydrogen-bond acceptors (Lipinski definition) is 5. The summed E-state index contributed by atoms with van der Waals surface area (Å²) in [7, 11) is 0. The van der Waals surface area contributed by atoms with E-state index in [0.717, 1.165) is 25.9 Å². The first-order valence-electron chi connectivity index (χ1n) is 8.88. The van der Waals surface area contributed by atoms with Crippen molar-refractivity contribution in [2.45, 2.75) is 38.8 Å². The average molecular weight is 356 g/mol. The largest absolute Gasteiger partial charge is 0.350 e. The third-order valence-corrected chi connectivity index (χ3v) is 4.27. The Labute approximate surface area is 152 Å². The number of amides is 2. The lowest BCUT2D eigenvalue weighted by Gasteiger charge is -2.22. The van der Waals surface area contributed by atoms with E-state index < -0.39 is 0 Å². The summed E-state index contributed by atoms with van der Waals surface area (Å²) in [5.74, 6) is -0.607. The van der Waals surface area contributed by atoms with E-state index in [9.17, 15) is 9.59 Å². The lowest BCUT2D eigenvalue weighted by Crippen LogP contribution is -2.31. The van der Waals surface area contributed by atoms with Gasteiger partial charge in [0.25, 0.3) is 11.8 Å². The van der Waals surface area contributed by atoms with Crippen molar-refractivity contribution < 1.29 is 9.59 Å². The molecule has 2 heterocycles. The van der Waals surface area contributed by atoms with Gasteiger partial charge in [-0.2, -0.15) is 0 Å². The summed E-state index contributed by atoms with van der Waals surface area (Å²) < 4.78 is 1.76. The second kappa shape index (κ2) is 8.09. The highest BCUT2D eigenvalue weighted by Gasteiger charge is 2.20. The highest BCUT2D eigenvalue weighted by atomic mass is 16.2. The molecule has 8 heteroatoms. The van der Waals surface area contributed by atoms with Crippen LogP contribution in [0.1, 0.15) is 53.6 Å². The van der Waals surface area contributed by atoms with Crippen molar-refractivity contribution in [1.82, 2.24) is 25.6 Å². The molecule has 1 aliphatic rings. The van der Waals surface area contributed by atoms with Gasteiger partial charge in [0.1, 0.15) is 0 Å². The minimum absolute atomic E-state index is 0.0103. The monoisotopic (exact) mass is 356 g/mol. The number of nitrogens with zero attached hydrogens (tertiary/aromatic N) is 3. The summed E-state index contributed by atoms with van der Waals surface area (Å²) >= 11 is 0. The van der Waals surface area contributed by atoms with Crippen LogP contribution in [0.25, 0.3) is 0 Å². The van der Waals surface area contributed by atoms with Gasteiger partial charge in [-0.25, -0.2) is 4.68 Å². The number of benzene rings is 1. The van der Waals surface area contributed by atoms with Crippen LogP contribution >= 0.6 is 0 Å². The molecule has 0 spiro atoms. The lowest BCUT2D eigenvalue weighted by molar-refractivity contribution is 0.0944. The molecule has 1 saturated heterocycles. The zero-order valence-corrected chi connectivity index (χ0v) is 15.0. The van der Waals surface area contributed by atoms with Crippen molar-refractivity contribution in [3.8, 4) is 0 Å². The fraction of sp³-hybridized carbons (Fsp3) is 0.444. The first kappa shape index (κ1) is 18.1. The molecule has 0 bridgehead atoms. The average Bonchev–Trinajstić information content (AvgIpc) is 3.12. The van der Waals surface area contributed by atoms with Gasteiger partial charge in [0.05, 0.1) is 23.5 Å². The van der Waals surface area contributed by atoms with E-state index in [1.54, 1.807) is 35.1 Å². The number of carbonyl (C=O) groups excluding carboxylic acids is 2. The molecule has 0 radical (unpaired) electrons. The zero-order valence-electron chi connectivity index (χ0n) is 15.0. The fourth-order valence-electron chi connectivity index (χ4n) is 2.95. The molecule has 0 aliphatic carbocycles. The topological polar surface area (TPSA) is 101 Å². The number of piperidine rings is 1. The van der Waals surface area contributed by atoms with Crippen molar-refractivity contribution in [2.24, 2.45) is 0 Å². The standard InChI is InChI=1S/C18H24N6O2/c1-12(2)20-17(25)14-5-3-4-6-15(14)21-18(26)16-11-24(23-22-16)13-7-9-19-10-8-13/h3-6,11-13,19H,7-10H2,1-2H3,(H,20,25)(H,21,26). The third-order valence-electron chi connectivity index (χ3n) is 4.27. The van der Waals surface area contributed by atoms with Gasteiger partial charge in [0.15, 0.2) is 5.69 Å². The summed E-state index contributed by atoms with van der Waals surface area (Å²) in [6, 6.07) is 7.18. The summed E-state index contributed by atoms with van der Waals surface area (Å²) in [5.41, 5.74) is 1.11. The van der Waals surface area contributed by atoms with E-state index in [-0.39, 0.29) is 29.6 Å². The van der Waals surface area contributed by atoms with Gasteiger partial charge in [0, 0.05) is 6.04 Å². The van der Waals surface area contributed by atoms with Crippen LogP contribution in [0.2, 0.25) is 0 Å². The molecule has 1 aliphatic heterocycles. The number of rotatable bonds is 5. The highest BCUT2D eigenvalue weighted by molar-refractivity contribution is 6.08. The molecule has 0 saturated carbocycles. The number of para-hydroxylation sites is 1. The summed E-state index contributed by atoms with van der Waals surface area (Å²) in [4.78, 5) is 24.8. The van der Waals surface area contributed by atoms with Gasteiger partial charge >= 0.3 is 0 Å². The van der Waals surface area contributed by atoms with Gasteiger partial charge in [-0.1, -0.05) is 17.3 Å². The molecular formula is C18H24N6O2. The van der Waals surface area contributed by atoms with Gasteiger partial charge in [0.2, 0.25) is 0 Å². The first-order valence-corrected chi connectivity index (χ1v) is 8.88. The summed E-state index contributed by atoms with van der Waals surface area (Å²) in [5, 5.41) is 17.0. The third kappa shape index (κ3) is 4.26. The molecule has 1 fully saturated rings. The van der Waals surface area contributed by atoms with Crippen molar-refractivity contribution >= 4 is 17.5 Å². The normalized spacial score (nSPS) is 15.0. The molecule has 0 unspecified atom stereocenters. The molecule has 1 aromatic carbocycles. The predicted octanol–water partition coefficient (Wildman–Crippen LogP) is 1.59. The Morgan fingerprint density at radius 2 is 1.92 bits per heavy atom. The van der Waals surface area contributed by atoms with Crippen LogP contribution in [0.3, 0.4) is 0 Å². The number of hydrogen-bond donors (Lipinski definition) is 3. The molecule has 0 atom stereocenters. The molecule has 138 valence electrons. The van der Waals surface area contributed by atoms with Crippen LogP contribution in [0, 0.1) is 0 Å². The quantitative estimate of drug-likeness (QED) is 0.755. The minimum Gasteiger partial charge on any atom is -0.350 e. The second-order valence-electron chi connectivity index (χ2n) is 6.69. The molecular weight excluding hydrogens is 332 g/mol. The number of anilines is 1. The van der Waals surface area contributed by atoms with Crippen molar-refractivity contribution in [2.75, 3.05) is 18.4 Å². The van der Waals surface area contributed by atoms with E-state index in [4.69, 9.17) is 0 Å². The fourth-order valence-corrected chi connectivity index (χ4v) is 2.95. The number of nitrogens with one attached hydrogen (secondary N) is 3. The van der Waals surface area contributed by atoms with Crippen LogP contribution in [0.5, 0.6) is 0 Å². The molecule has 26 heavy (non-hydrogen) atoms. The Hall–Kier alpha value is -2.74. The zero-order chi connectivity index (χ0) is 18.5. The maximum absolute atomic E-state index is 12.5. The molecule has 3 N–H and O–H groups in total. The lowest BCUT2D eigenvalue weighted by atomic mass is 10.1. The van der Waals surface area contributed by atoms with E-state index in [1.165, 1.54) is 0 Å². The molecule has 3 rings (SSSR count). The van der Waals surface area contributed by atoms with Gasteiger partial charge in [-0.3, -0.25) is 9.59 Å². The van der Waals surface area contributed by atoms with Gasteiger partial charge in [-0.05, 0) is 51.9 Å². The van der Waals surface area contributed by atoms with Crippen LogP contribution in [-0.2, 0) is 0 Å². The van der Waals surface area contributed by atoms with E-state index >= 15 is 0 Å². The first-order chi connectivity index (χ1) is 12.5. The highest BCUT2D eigenvalue weighted by Crippen LogP contribution is 2.19. The second-order valence-corrected chi connectivity index (χ2v) is 6.69. The Bertz CT molecular complexity index is 779. The Morgan fingerprint density at radius 3 is 2.65 bits per heavy atom. The molecule has 1 aromatic heterocycles. The Morgan fingerprint density at radius 1 is 1.19 bits per heavy atom. The molecule has 2 amide bonds.